The molecule has 1 aromatic rings. The number of rotatable bonds is 4. The maximum absolute atomic E-state index is 5.94. The quantitative estimate of drug-likeness (QED) is 0.673. The van der Waals surface area contributed by atoms with E-state index in [2.05, 4.69) is 25.1 Å². The molecular formula is C14H19Cl. The van der Waals surface area contributed by atoms with Crippen LogP contribution in [-0.4, -0.2) is 5.38 Å². The van der Waals surface area contributed by atoms with Crippen molar-refractivity contribution >= 4 is 11.6 Å². The largest absolute Gasteiger partial charge is 0.123 e. The summed E-state index contributed by atoms with van der Waals surface area (Å²) in [4.78, 5) is 0. The third kappa shape index (κ3) is 2.98. The molecule has 1 aliphatic rings. The Morgan fingerprint density at radius 1 is 1.27 bits per heavy atom. The fourth-order valence-corrected chi connectivity index (χ4v) is 2.52. The minimum atomic E-state index is 0.319. The van der Waals surface area contributed by atoms with Crippen LogP contribution in [0.25, 0.3) is 0 Å². The standard InChI is InChI=1S/C14H19Cl/c1-11(15)4-2-5-12-8-9-13-6-3-7-14(13)10-12/h8-11H,2-7H2,1H3. The molecule has 1 unspecified atom stereocenters. The van der Waals surface area contributed by atoms with Crippen molar-refractivity contribution in [3.05, 3.63) is 34.9 Å². The molecular weight excluding hydrogens is 204 g/mol. The summed E-state index contributed by atoms with van der Waals surface area (Å²) in [5.41, 5.74) is 4.66. The summed E-state index contributed by atoms with van der Waals surface area (Å²) in [5.74, 6) is 0. The van der Waals surface area contributed by atoms with Gasteiger partial charge in [0.1, 0.15) is 0 Å². The Bertz CT molecular complexity index is 328. The molecule has 0 aromatic heterocycles. The molecule has 15 heavy (non-hydrogen) atoms. The van der Waals surface area contributed by atoms with E-state index in [1.54, 1.807) is 11.1 Å². The molecule has 0 saturated carbocycles. The molecule has 1 heteroatoms. The average molecular weight is 223 g/mol. The van der Waals surface area contributed by atoms with Gasteiger partial charge in [-0.25, -0.2) is 0 Å². The van der Waals surface area contributed by atoms with Gasteiger partial charge in [-0.05, 0) is 62.1 Å². The smallest absolute Gasteiger partial charge is 0.0308 e. The summed E-state index contributed by atoms with van der Waals surface area (Å²) in [6.07, 6.45) is 7.44. The molecule has 1 aromatic carbocycles. The number of benzene rings is 1. The van der Waals surface area contributed by atoms with Crippen molar-refractivity contribution in [2.45, 2.75) is 50.8 Å². The van der Waals surface area contributed by atoms with Crippen LogP contribution in [0.1, 0.15) is 42.9 Å². The summed E-state index contributed by atoms with van der Waals surface area (Å²) in [7, 11) is 0. The Kier molecular flexibility index (Phi) is 3.69. The van der Waals surface area contributed by atoms with Gasteiger partial charge in [0, 0.05) is 5.38 Å². The van der Waals surface area contributed by atoms with Crippen LogP contribution in [-0.2, 0) is 19.3 Å². The zero-order valence-electron chi connectivity index (χ0n) is 9.43. The minimum absolute atomic E-state index is 0.319. The Labute approximate surface area is 97.6 Å². The van der Waals surface area contributed by atoms with E-state index in [9.17, 15) is 0 Å². The number of halogens is 1. The highest BCUT2D eigenvalue weighted by atomic mass is 35.5. The van der Waals surface area contributed by atoms with Crippen LogP contribution >= 0.6 is 11.6 Å². The molecule has 0 amide bonds. The van der Waals surface area contributed by atoms with E-state index in [0.717, 1.165) is 6.42 Å². The van der Waals surface area contributed by atoms with Gasteiger partial charge in [-0.15, -0.1) is 11.6 Å². The third-order valence-electron chi connectivity index (χ3n) is 3.23. The fraction of sp³-hybridized carbons (Fsp3) is 0.571. The molecule has 1 atom stereocenters. The summed E-state index contributed by atoms with van der Waals surface area (Å²) in [6.45, 7) is 2.07. The summed E-state index contributed by atoms with van der Waals surface area (Å²) in [5, 5.41) is 0.319. The molecule has 82 valence electrons. The van der Waals surface area contributed by atoms with Gasteiger partial charge in [-0.3, -0.25) is 0 Å². The second kappa shape index (κ2) is 5.03. The zero-order chi connectivity index (χ0) is 10.7. The summed E-state index contributed by atoms with van der Waals surface area (Å²) < 4.78 is 0. The lowest BCUT2D eigenvalue weighted by molar-refractivity contribution is 0.723. The first-order valence-corrected chi connectivity index (χ1v) is 6.44. The molecule has 0 saturated heterocycles. The molecule has 0 bridgehead atoms. The van der Waals surface area contributed by atoms with Crippen LogP contribution in [0.5, 0.6) is 0 Å². The van der Waals surface area contributed by atoms with Crippen LogP contribution < -0.4 is 0 Å². The third-order valence-corrected chi connectivity index (χ3v) is 3.45. The van der Waals surface area contributed by atoms with Crippen LogP contribution in [0.15, 0.2) is 18.2 Å². The number of hydrogen-bond acceptors (Lipinski definition) is 0. The van der Waals surface area contributed by atoms with Crippen molar-refractivity contribution in [3.8, 4) is 0 Å². The van der Waals surface area contributed by atoms with Gasteiger partial charge in [-0.1, -0.05) is 18.2 Å². The summed E-state index contributed by atoms with van der Waals surface area (Å²) in [6, 6.07) is 7.02. The highest BCUT2D eigenvalue weighted by Gasteiger charge is 2.10. The van der Waals surface area contributed by atoms with Crippen molar-refractivity contribution < 1.29 is 0 Å². The molecule has 2 rings (SSSR count). The Morgan fingerprint density at radius 2 is 2.07 bits per heavy atom. The predicted molar refractivity (Wildman–Crippen MR) is 66.7 cm³/mol. The van der Waals surface area contributed by atoms with E-state index in [4.69, 9.17) is 11.6 Å². The van der Waals surface area contributed by atoms with Crippen molar-refractivity contribution in [2.24, 2.45) is 0 Å². The van der Waals surface area contributed by atoms with Gasteiger partial charge in [-0.2, -0.15) is 0 Å². The number of hydrogen-bond donors (Lipinski definition) is 0. The molecule has 0 fully saturated rings. The molecule has 0 N–H and O–H groups in total. The van der Waals surface area contributed by atoms with Gasteiger partial charge in [0.15, 0.2) is 0 Å². The Morgan fingerprint density at radius 3 is 2.87 bits per heavy atom. The van der Waals surface area contributed by atoms with Crippen LogP contribution in [0, 0.1) is 0 Å². The molecule has 1 aliphatic carbocycles. The van der Waals surface area contributed by atoms with E-state index in [1.165, 1.54) is 37.7 Å². The number of alkyl halides is 1. The fourth-order valence-electron chi connectivity index (χ4n) is 2.37. The first kappa shape index (κ1) is 11.0. The lowest BCUT2D eigenvalue weighted by atomic mass is 10.0. The molecule has 0 radical (unpaired) electrons. The second-order valence-corrected chi connectivity index (χ2v) is 5.37. The van der Waals surface area contributed by atoms with Crippen LogP contribution in [0.3, 0.4) is 0 Å². The van der Waals surface area contributed by atoms with Crippen LogP contribution in [0.4, 0.5) is 0 Å². The van der Waals surface area contributed by atoms with Crippen molar-refractivity contribution in [3.63, 3.8) is 0 Å². The maximum atomic E-state index is 5.94. The Hall–Kier alpha value is -0.490. The molecule has 0 heterocycles. The van der Waals surface area contributed by atoms with E-state index in [1.807, 2.05) is 0 Å². The number of aryl methyl sites for hydroxylation is 3. The number of fused-ring (bicyclic) bond motifs is 1. The van der Waals surface area contributed by atoms with Gasteiger partial charge in [0.25, 0.3) is 0 Å². The van der Waals surface area contributed by atoms with E-state index in [0.29, 0.717) is 5.38 Å². The van der Waals surface area contributed by atoms with Gasteiger partial charge in [0.05, 0.1) is 0 Å². The van der Waals surface area contributed by atoms with Crippen molar-refractivity contribution in [1.82, 2.24) is 0 Å². The van der Waals surface area contributed by atoms with Crippen molar-refractivity contribution in [2.75, 3.05) is 0 Å². The minimum Gasteiger partial charge on any atom is -0.123 e. The normalized spacial score (nSPS) is 16.4. The highest BCUT2D eigenvalue weighted by molar-refractivity contribution is 6.20. The van der Waals surface area contributed by atoms with Gasteiger partial charge >= 0.3 is 0 Å². The summed E-state index contributed by atoms with van der Waals surface area (Å²) >= 11 is 5.94. The topological polar surface area (TPSA) is 0 Å². The molecule has 0 spiro atoms. The van der Waals surface area contributed by atoms with Crippen molar-refractivity contribution in [1.29, 1.82) is 0 Å². The van der Waals surface area contributed by atoms with E-state index < -0.39 is 0 Å². The molecule has 0 nitrogen and oxygen atoms in total. The lowest BCUT2D eigenvalue weighted by Crippen LogP contribution is -1.94. The first-order valence-electron chi connectivity index (χ1n) is 6.00. The second-order valence-electron chi connectivity index (χ2n) is 4.63. The van der Waals surface area contributed by atoms with E-state index in [-0.39, 0.29) is 0 Å². The Balaban J connectivity index is 1.92. The van der Waals surface area contributed by atoms with E-state index >= 15 is 0 Å². The molecule has 0 aliphatic heterocycles. The van der Waals surface area contributed by atoms with Gasteiger partial charge in [0.2, 0.25) is 0 Å². The zero-order valence-corrected chi connectivity index (χ0v) is 10.2. The first-order chi connectivity index (χ1) is 7.25. The maximum Gasteiger partial charge on any atom is 0.0308 e. The van der Waals surface area contributed by atoms with Crippen LogP contribution in [0.2, 0.25) is 0 Å². The lowest BCUT2D eigenvalue weighted by Gasteiger charge is -2.05. The highest BCUT2D eigenvalue weighted by Crippen LogP contribution is 2.23. The monoisotopic (exact) mass is 222 g/mol. The average Bonchev–Trinajstić information content (AvgIpc) is 2.64. The predicted octanol–water partition coefficient (Wildman–Crippen LogP) is 4.13. The SMILES string of the molecule is CC(Cl)CCCc1ccc2c(c1)CCC2. The van der Waals surface area contributed by atoms with Gasteiger partial charge < -0.3 is 0 Å².